The second-order valence-corrected chi connectivity index (χ2v) is 9.19. The maximum absolute atomic E-state index is 13.1. The molecule has 3 heterocycles. The second-order valence-electron chi connectivity index (χ2n) is 9.19. The van der Waals surface area contributed by atoms with E-state index in [1.165, 1.54) is 23.4 Å². The molecule has 0 aliphatic carbocycles. The van der Waals surface area contributed by atoms with Crippen LogP contribution in [0.5, 0.6) is 0 Å². The molecule has 0 saturated carbocycles. The Morgan fingerprint density at radius 3 is 2.74 bits per heavy atom. The van der Waals surface area contributed by atoms with Crippen molar-refractivity contribution in [1.82, 2.24) is 4.90 Å². The average molecular weight is 413 g/mol. The Bertz CT molecular complexity index is 997. The van der Waals surface area contributed by atoms with Crippen LogP contribution in [0.15, 0.2) is 42.5 Å². The maximum atomic E-state index is 13.1. The molecule has 156 valence electrons. The van der Waals surface area contributed by atoms with Gasteiger partial charge in [0, 0.05) is 50.6 Å². The van der Waals surface area contributed by atoms with Gasteiger partial charge in [-0.25, -0.2) is 4.39 Å². The molecule has 0 N–H and O–H groups in total. The van der Waals surface area contributed by atoms with Crippen LogP contribution in [-0.2, 0) is 0 Å². The van der Waals surface area contributed by atoms with Crippen molar-refractivity contribution in [3.8, 4) is 0 Å². The van der Waals surface area contributed by atoms with Gasteiger partial charge in [-0.1, -0.05) is 12.1 Å². The van der Waals surface area contributed by atoms with E-state index in [9.17, 15) is 9.18 Å². The van der Waals surface area contributed by atoms with Crippen LogP contribution < -0.4 is 9.80 Å². The Kier molecular flexibility index (Phi) is 5.12. The van der Waals surface area contributed by atoms with E-state index in [4.69, 9.17) is 15.7 Å². The standard InChI is InChI=1S/C24H26B2FN3O/c1-28-21-5-2-4-18-19-14-29(12-3-6-22(31)16-7-9-17(27)10-8-16)13-11-20(19)30(23(18)21)15-24(28,25)26/h2,4-5,7-10,19-20H,3,6,11-15H2,1H3/t19-,20?/m0/s1. The highest BCUT2D eigenvalue weighted by Crippen LogP contribution is 2.52. The Morgan fingerprint density at radius 2 is 1.97 bits per heavy atom. The van der Waals surface area contributed by atoms with Crippen LogP contribution in [-0.4, -0.2) is 71.0 Å². The molecule has 0 amide bonds. The van der Waals surface area contributed by atoms with Crippen LogP contribution in [0, 0.1) is 5.82 Å². The minimum atomic E-state index is -0.877. The highest BCUT2D eigenvalue weighted by atomic mass is 19.1. The Balaban J connectivity index is 1.25. The van der Waals surface area contributed by atoms with Crippen molar-refractivity contribution in [2.24, 2.45) is 0 Å². The number of carbonyl (C=O) groups excluding carboxylic acids is 1. The molecule has 0 spiro atoms. The molecule has 1 unspecified atom stereocenters. The SMILES string of the molecule is [B]C1([B])CN2c3c(cccc3N1C)[C@@H]1CN(CCCC(=O)c3ccc(F)cc3)CCC12. The molecule has 31 heavy (non-hydrogen) atoms. The van der Waals surface area contributed by atoms with Crippen molar-refractivity contribution in [3.05, 3.63) is 59.4 Å². The fraction of sp³-hybridized carbons (Fsp3) is 0.458. The summed E-state index contributed by atoms with van der Waals surface area (Å²) < 4.78 is 13.1. The number of para-hydroxylation sites is 1. The fourth-order valence-electron chi connectivity index (χ4n) is 5.53. The maximum Gasteiger partial charge on any atom is 0.162 e. The third-order valence-electron chi connectivity index (χ3n) is 7.25. The average Bonchev–Trinajstić information content (AvgIpc) is 3.06. The minimum Gasteiger partial charge on any atom is -0.383 e. The number of hydrogen-bond donors (Lipinski definition) is 0. The number of Topliss-reactive ketones (excluding diaryl/α,β-unsaturated/α-hetero) is 1. The zero-order chi connectivity index (χ0) is 21.8. The highest BCUT2D eigenvalue weighted by molar-refractivity contribution is 6.42. The van der Waals surface area contributed by atoms with Crippen LogP contribution in [0.25, 0.3) is 0 Å². The van der Waals surface area contributed by atoms with Crippen LogP contribution in [0.1, 0.15) is 41.1 Å². The lowest BCUT2D eigenvalue weighted by Gasteiger charge is -2.50. The van der Waals surface area contributed by atoms with Gasteiger partial charge < -0.3 is 14.7 Å². The van der Waals surface area contributed by atoms with E-state index >= 15 is 0 Å². The number of rotatable bonds is 5. The van der Waals surface area contributed by atoms with E-state index in [2.05, 4.69) is 28.0 Å². The van der Waals surface area contributed by atoms with Gasteiger partial charge in [0.25, 0.3) is 0 Å². The minimum absolute atomic E-state index is 0.0769. The van der Waals surface area contributed by atoms with Crippen LogP contribution in [0.3, 0.4) is 0 Å². The molecule has 4 radical (unpaired) electrons. The number of likely N-dealkylation sites (tertiary alicyclic amines) is 1. The van der Waals surface area contributed by atoms with Gasteiger partial charge in [0.1, 0.15) is 5.82 Å². The molecule has 0 bridgehead atoms. The van der Waals surface area contributed by atoms with E-state index in [1.807, 2.05) is 11.9 Å². The molecule has 5 rings (SSSR count). The van der Waals surface area contributed by atoms with E-state index in [-0.39, 0.29) is 11.6 Å². The first kappa shape index (κ1) is 20.6. The number of fused-ring (bicyclic) bond motifs is 3. The van der Waals surface area contributed by atoms with Gasteiger partial charge in [0.2, 0.25) is 0 Å². The lowest BCUT2D eigenvalue weighted by atomic mass is 9.59. The van der Waals surface area contributed by atoms with Crippen molar-refractivity contribution >= 4 is 32.9 Å². The molecule has 1 saturated heterocycles. The van der Waals surface area contributed by atoms with Gasteiger partial charge in [-0.2, -0.15) is 0 Å². The second kappa shape index (κ2) is 7.70. The number of nitrogens with zero attached hydrogens (tertiary/aromatic N) is 3. The monoisotopic (exact) mass is 413 g/mol. The molecule has 4 nitrogen and oxygen atoms in total. The summed E-state index contributed by atoms with van der Waals surface area (Å²) in [4.78, 5) is 19.3. The van der Waals surface area contributed by atoms with Crippen LogP contribution in [0.4, 0.5) is 15.8 Å². The topological polar surface area (TPSA) is 26.8 Å². The molecule has 1 fully saturated rings. The van der Waals surface area contributed by atoms with Crippen molar-refractivity contribution in [1.29, 1.82) is 0 Å². The number of ketones is 1. The summed E-state index contributed by atoms with van der Waals surface area (Å²) in [6.07, 6.45) is 2.35. The summed E-state index contributed by atoms with van der Waals surface area (Å²) in [5.41, 5.74) is 4.37. The predicted octanol–water partition coefficient (Wildman–Crippen LogP) is 2.91. The van der Waals surface area contributed by atoms with Gasteiger partial charge >= 0.3 is 0 Å². The number of anilines is 2. The summed E-state index contributed by atoms with van der Waals surface area (Å²) in [6.45, 7) is 3.50. The van der Waals surface area contributed by atoms with E-state index < -0.39 is 5.34 Å². The molecule has 3 aliphatic heterocycles. The molecular weight excluding hydrogens is 387 g/mol. The molecule has 2 atom stereocenters. The zero-order valence-electron chi connectivity index (χ0n) is 17.9. The summed E-state index contributed by atoms with van der Waals surface area (Å²) in [7, 11) is 14.8. The van der Waals surface area contributed by atoms with Gasteiger partial charge in [0.15, 0.2) is 5.78 Å². The van der Waals surface area contributed by atoms with Crippen molar-refractivity contribution < 1.29 is 9.18 Å². The summed E-state index contributed by atoms with van der Waals surface area (Å²) >= 11 is 0. The highest BCUT2D eigenvalue weighted by Gasteiger charge is 2.47. The number of piperidine rings is 1. The lowest BCUT2D eigenvalue weighted by Crippen LogP contribution is -2.61. The Morgan fingerprint density at radius 1 is 1.19 bits per heavy atom. The van der Waals surface area contributed by atoms with Crippen LogP contribution >= 0.6 is 0 Å². The molecule has 2 aromatic carbocycles. The molecule has 7 heteroatoms. The van der Waals surface area contributed by atoms with Crippen molar-refractivity contribution in [2.45, 2.75) is 36.6 Å². The number of carbonyl (C=O) groups is 1. The number of hydrogen-bond acceptors (Lipinski definition) is 4. The van der Waals surface area contributed by atoms with Gasteiger partial charge in [0.05, 0.1) is 27.1 Å². The van der Waals surface area contributed by atoms with E-state index in [0.29, 0.717) is 30.5 Å². The Hall–Kier alpha value is -2.27. The third kappa shape index (κ3) is 3.57. The molecule has 0 aromatic heterocycles. The summed E-state index contributed by atoms with van der Waals surface area (Å²) in [5, 5.41) is -0.877. The number of halogens is 1. The fourth-order valence-corrected chi connectivity index (χ4v) is 5.53. The first-order valence-electron chi connectivity index (χ1n) is 11.1. The van der Waals surface area contributed by atoms with Crippen LogP contribution in [0.2, 0.25) is 0 Å². The lowest BCUT2D eigenvalue weighted by molar-refractivity contribution is 0.0971. The quantitative estimate of drug-likeness (QED) is 0.557. The van der Waals surface area contributed by atoms with Gasteiger partial charge in [-0.3, -0.25) is 4.79 Å². The largest absolute Gasteiger partial charge is 0.383 e. The molecular formula is C24H26B2FN3O. The first-order chi connectivity index (χ1) is 14.8. The molecule has 2 aromatic rings. The number of likely N-dealkylation sites (N-methyl/N-ethyl adjacent to an activating group) is 1. The smallest absolute Gasteiger partial charge is 0.162 e. The van der Waals surface area contributed by atoms with Crippen molar-refractivity contribution in [2.75, 3.05) is 43.0 Å². The first-order valence-corrected chi connectivity index (χ1v) is 11.1. The summed E-state index contributed by atoms with van der Waals surface area (Å²) in [5.74, 6) is 0.192. The van der Waals surface area contributed by atoms with Gasteiger partial charge in [-0.15, -0.1) is 0 Å². The predicted molar refractivity (Wildman–Crippen MR) is 124 cm³/mol. The summed E-state index contributed by atoms with van der Waals surface area (Å²) in [6, 6.07) is 12.7. The van der Waals surface area contributed by atoms with Crippen molar-refractivity contribution in [3.63, 3.8) is 0 Å². The van der Waals surface area contributed by atoms with E-state index in [1.54, 1.807) is 12.1 Å². The van der Waals surface area contributed by atoms with E-state index in [0.717, 1.165) is 38.2 Å². The third-order valence-corrected chi connectivity index (χ3v) is 7.25. The molecule has 3 aliphatic rings. The normalized spacial score (nSPS) is 24.1. The number of benzene rings is 2. The Labute approximate surface area is 186 Å². The zero-order valence-corrected chi connectivity index (χ0v) is 17.9. The van der Waals surface area contributed by atoms with Gasteiger partial charge in [-0.05, 0) is 60.6 Å².